The number of hydrogen-bond acceptors (Lipinski definition) is 5. The quantitative estimate of drug-likeness (QED) is 0.483. The summed E-state index contributed by atoms with van der Waals surface area (Å²) in [5, 5.41) is 4.49. The molecule has 1 saturated heterocycles. The van der Waals surface area contributed by atoms with Gasteiger partial charge >= 0.3 is 0 Å². The van der Waals surface area contributed by atoms with E-state index in [-0.39, 0.29) is 11.5 Å². The van der Waals surface area contributed by atoms with Crippen molar-refractivity contribution in [3.63, 3.8) is 0 Å². The molecular formula is C25H27BrN4O3. The predicted molar refractivity (Wildman–Crippen MR) is 133 cm³/mol. The standard InChI is InChI=1S/C25H27BrN4O3/c1-33-22-10-8-21(9-11-22)28-15-17-29(18-16-28)24(31)3-2-14-30-25(32)13-12-23(27-30)19-4-6-20(26)7-5-19/h4-13H,2-3,14-18H2,1H3. The van der Waals surface area contributed by atoms with Gasteiger partial charge in [0.15, 0.2) is 0 Å². The van der Waals surface area contributed by atoms with E-state index >= 15 is 0 Å². The molecule has 0 bridgehead atoms. The van der Waals surface area contributed by atoms with Crippen LogP contribution in [0, 0.1) is 0 Å². The van der Waals surface area contributed by atoms with Gasteiger partial charge in [-0.05, 0) is 48.9 Å². The number of hydrogen-bond donors (Lipinski definition) is 0. The fourth-order valence-corrected chi connectivity index (χ4v) is 4.19. The Morgan fingerprint density at radius 2 is 1.67 bits per heavy atom. The summed E-state index contributed by atoms with van der Waals surface area (Å²) in [5.74, 6) is 0.963. The first-order chi connectivity index (χ1) is 16.0. The van der Waals surface area contributed by atoms with Crippen LogP contribution in [0.25, 0.3) is 11.3 Å². The van der Waals surface area contributed by atoms with Crippen molar-refractivity contribution in [2.24, 2.45) is 0 Å². The molecule has 0 saturated carbocycles. The van der Waals surface area contributed by atoms with E-state index in [0.29, 0.717) is 32.5 Å². The SMILES string of the molecule is COc1ccc(N2CCN(C(=O)CCCn3nc(-c4ccc(Br)cc4)ccc3=O)CC2)cc1. The van der Waals surface area contributed by atoms with E-state index in [1.54, 1.807) is 13.2 Å². The van der Waals surface area contributed by atoms with Crippen molar-refractivity contribution in [1.29, 1.82) is 0 Å². The highest BCUT2D eigenvalue weighted by atomic mass is 79.9. The maximum absolute atomic E-state index is 12.7. The third kappa shape index (κ3) is 5.82. The zero-order valence-corrected chi connectivity index (χ0v) is 20.2. The van der Waals surface area contributed by atoms with Gasteiger partial charge in [-0.25, -0.2) is 4.68 Å². The fraction of sp³-hybridized carbons (Fsp3) is 0.320. The minimum Gasteiger partial charge on any atom is -0.497 e. The first kappa shape index (κ1) is 23.0. The second kappa shape index (κ2) is 10.7. The number of nitrogens with zero attached hydrogens (tertiary/aromatic N) is 4. The molecule has 1 aromatic heterocycles. The molecular weight excluding hydrogens is 484 g/mol. The molecule has 4 rings (SSSR count). The average Bonchev–Trinajstić information content (AvgIpc) is 2.86. The van der Waals surface area contributed by atoms with Crippen molar-refractivity contribution in [3.8, 4) is 17.0 Å². The van der Waals surface area contributed by atoms with E-state index in [2.05, 4.69) is 25.9 Å². The van der Waals surface area contributed by atoms with Crippen molar-refractivity contribution in [1.82, 2.24) is 14.7 Å². The highest BCUT2D eigenvalue weighted by Gasteiger charge is 2.21. The second-order valence-corrected chi connectivity index (χ2v) is 8.87. The summed E-state index contributed by atoms with van der Waals surface area (Å²) in [4.78, 5) is 29.1. The van der Waals surface area contributed by atoms with Crippen LogP contribution in [-0.2, 0) is 11.3 Å². The zero-order valence-electron chi connectivity index (χ0n) is 18.6. The van der Waals surface area contributed by atoms with Crippen molar-refractivity contribution in [2.45, 2.75) is 19.4 Å². The van der Waals surface area contributed by atoms with E-state index < -0.39 is 0 Å². The number of rotatable bonds is 7. The monoisotopic (exact) mass is 510 g/mol. The van der Waals surface area contributed by atoms with Gasteiger partial charge in [0.05, 0.1) is 12.8 Å². The molecule has 0 aliphatic carbocycles. The Labute approximate surface area is 201 Å². The maximum Gasteiger partial charge on any atom is 0.266 e. The number of amides is 1. The first-order valence-electron chi connectivity index (χ1n) is 11.0. The molecule has 0 unspecified atom stereocenters. The summed E-state index contributed by atoms with van der Waals surface area (Å²) >= 11 is 3.43. The van der Waals surface area contributed by atoms with Crippen LogP contribution in [0.1, 0.15) is 12.8 Å². The summed E-state index contributed by atoms with van der Waals surface area (Å²) < 4.78 is 7.66. The summed E-state index contributed by atoms with van der Waals surface area (Å²) in [6, 6.07) is 19.1. The Balaban J connectivity index is 1.28. The molecule has 1 fully saturated rings. The average molecular weight is 511 g/mol. The maximum atomic E-state index is 12.7. The number of halogens is 1. The number of aryl methyl sites for hydroxylation is 1. The molecule has 0 spiro atoms. The Bertz CT molecular complexity index is 1140. The lowest BCUT2D eigenvalue weighted by Crippen LogP contribution is -2.48. The normalized spacial score (nSPS) is 13.8. The smallest absolute Gasteiger partial charge is 0.266 e. The van der Waals surface area contributed by atoms with Crippen molar-refractivity contribution < 1.29 is 9.53 Å². The number of benzene rings is 2. The number of piperazine rings is 1. The van der Waals surface area contributed by atoms with Gasteiger partial charge in [-0.15, -0.1) is 0 Å². The lowest BCUT2D eigenvalue weighted by atomic mass is 10.1. The van der Waals surface area contributed by atoms with Crippen molar-refractivity contribution in [3.05, 3.63) is 75.5 Å². The number of carbonyl (C=O) groups is 1. The van der Waals surface area contributed by atoms with Gasteiger partial charge in [-0.3, -0.25) is 9.59 Å². The molecule has 1 aliphatic heterocycles. The number of carbonyl (C=O) groups excluding carboxylic acids is 1. The number of ether oxygens (including phenoxy) is 1. The summed E-state index contributed by atoms with van der Waals surface area (Å²) in [7, 11) is 1.66. The molecule has 2 aromatic carbocycles. The van der Waals surface area contributed by atoms with Gasteiger partial charge < -0.3 is 14.5 Å². The third-order valence-corrected chi connectivity index (χ3v) is 6.37. The Hall–Kier alpha value is -3.13. The lowest BCUT2D eigenvalue weighted by molar-refractivity contribution is -0.131. The predicted octanol–water partition coefficient (Wildman–Crippen LogP) is 3.81. The molecule has 1 aliphatic rings. The van der Waals surface area contributed by atoms with E-state index in [0.717, 1.165) is 40.3 Å². The van der Waals surface area contributed by atoms with Crippen LogP contribution in [0.2, 0.25) is 0 Å². The van der Waals surface area contributed by atoms with E-state index in [1.807, 2.05) is 53.4 Å². The van der Waals surface area contributed by atoms with Gasteiger partial charge in [0.2, 0.25) is 5.91 Å². The Morgan fingerprint density at radius 3 is 2.33 bits per heavy atom. The molecule has 0 radical (unpaired) electrons. The molecule has 0 atom stereocenters. The minimum atomic E-state index is -0.156. The molecule has 1 amide bonds. The molecule has 3 aromatic rings. The van der Waals surface area contributed by atoms with Crippen LogP contribution in [0.15, 0.2) is 69.9 Å². The molecule has 33 heavy (non-hydrogen) atoms. The van der Waals surface area contributed by atoms with Crippen molar-refractivity contribution in [2.75, 3.05) is 38.2 Å². The molecule has 0 N–H and O–H groups in total. The van der Waals surface area contributed by atoms with Crippen LogP contribution in [0.5, 0.6) is 5.75 Å². The van der Waals surface area contributed by atoms with Gasteiger partial charge in [0.1, 0.15) is 5.75 Å². The fourth-order valence-electron chi connectivity index (χ4n) is 3.93. The van der Waals surface area contributed by atoms with Crippen LogP contribution in [-0.4, -0.2) is 53.9 Å². The van der Waals surface area contributed by atoms with Crippen LogP contribution in [0.4, 0.5) is 5.69 Å². The topological polar surface area (TPSA) is 67.7 Å². The number of anilines is 1. The van der Waals surface area contributed by atoms with Gasteiger partial charge in [-0.2, -0.15) is 5.10 Å². The molecule has 2 heterocycles. The van der Waals surface area contributed by atoms with Gasteiger partial charge in [-0.1, -0.05) is 28.1 Å². The number of methoxy groups -OCH3 is 1. The molecule has 172 valence electrons. The van der Waals surface area contributed by atoms with Crippen LogP contribution < -0.4 is 15.2 Å². The highest BCUT2D eigenvalue weighted by molar-refractivity contribution is 9.10. The largest absolute Gasteiger partial charge is 0.497 e. The van der Waals surface area contributed by atoms with Gasteiger partial charge in [0, 0.05) is 60.9 Å². The Morgan fingerprint density at radius 1 is 0.970 bits per heavy atom. The van der Waals surface area contributed by atoms with Crippen LogP contribution >= 0.6 is 15.9 Å². The summed E-state index contributed by atoms with van der Waals surface area (Å²) in [6.07, 6.45) is 0.980. The highest BCUT2D eigenvalue weighted by Crippen LogP contribution is 2.21. The first-order valence-corrected chi connectivity index (χ1v) is 11.8. The van der Waals surface area contributed by atoms with E-state index in [4.69, 9.17) is 4.74 Å². The molecule has 8 heteroatoms. The third-order valence-electron chi connectivity index (χ3n) is 5.84. The summed E-state index contributed by atoms with van der Waals surface area (Å²) in [6.45, 7) is 3.41. The van der Waals surface area contributed by atoms with Crippen LogP contribution in [0.3, 0.4) is 0 Å². The summed E-state index contributed by atoms with van der Waals surface area (Å²) in [5.41, 5.74) is 2.66. The molecule has 7 nitrogen and oxygen atoms in total. The van der Waals surface area contributed by atoms with E-state index in [9.17, 15) is 9.59 Å². The Kier molecular flexibility index (Phi) is 7.44. The zero-order chi connectivity index (χ0) is 23.2. The lowest BCUT2D eigenvalue weighted by Gasteiger charge is -2.36. The second-order valence-electron chi connectivity index (χ2n) is 7.96. The van der Waals surface area contributed by atoms with Crippen molar-refractivity contribution >= 4 is 27.5 Å². The van der Waals surface area contributed by atoms with E-state index in [1.165, 1.54) is 10.7 Å². The van der Waals surface area contributed by atoms with Gasteiger partial charge in [0.25, 0.3) is 5.56 Å². The minimum absolute atomic E-state index is 0.126. The number of aromatic nitrogens is 2.